The molecule has 0 saturated carbocycles. The van der Waals surface area contributed by atoms with Gasteiger partial charge in [-0.05, 0) is 17.7 Å². The lowest BCUT2D eigenvalue weighted by Gasteiger charge is -2.02. The third kappa shape index (κ3) is 1.86. The Bertz CT molecular complexity index is 745. The molecule has 19 heavy (non-hydrogen) atoms. The first-order chi connectivity index (χ1) is 9.20. The second-order valence-electron chi connectivity index (χ2n) is 3.91. The number of carbonyl (C=O) groups is 1. The topological polar surface area (TPSA) is 72.3 Å². The molecule has 0 unspecified atom stereocenters. The minimum atomic E-state index is -0.457. The van der Waals surface area contributed by atoms with E-state index in [4.69, 9.17) is 16.3 Å². The Morgan fingerprint density at radius 2 is 2.11 bits per heavy atom. The number of hydrogen-bond acceptors (Lipinski definition) is 4. The van der Waals surface area contributed by atoms with Crippen molar-refractivity contribution in [3.63, 3.8) is 0 Å². The number of benzene rings is 1. The van der Waals surface area contributed by atoms with E-state index < -0.39 is 5.97 Å². The highest BCUT2D eigenvalue weighted by atomic mass is 35.5. The summed E-state index contributed by atoms with van der Waals surface area (Å²) >= 11 is 5.86. The number of nitrogens with one attached hydrogen (secondary N) is 1. The van der Waals surface area contributed by atoms with Crippen LogP contribution in [0.5, 0.6) is 0 Å². The van der Waals surface area contributed by atoms with E-state index in [2.05, 4.69) is 15.5 Å². The van der Waals surface area contributed by atoms with Gasteiger partial charge in [-0.3, -0.25) is 0 Å². The van der Waals surface area contributed by atoms with E-state index in [9.17, 15) is 4.79 Å². The quantitative estimate of drug-likeness (QED) is 0.728. The van der Waals surface area contributed by atoms with E-state index in [0.29, 0.717) is 21.8 Å². The molecule has 0 aliphatic carbocycles. The maximum absolute atomic E-state index is 11.9. The Balaban J connectivity index is 2.25. The number of methoxy groups -OCH3 is 1. The number of rotatable bonds is 2. The van der Waals surface area contributed by atoms with Gasteiger partial charge in [0, 0.05) is 16.8 Å². The molecular formula is C12H9ClN4O2. The predicted octanol–water partition coefficient (Wildman–Crippen LogP) is 2.16. The number of aromatic amines is 1. The number of carbonyl (C=O) groups excluding carboxylic acids is 1. The lowest BCUT2D eigenvalue weighted by molar-refractivity contribution is 0.0603. The first-order valence-electron chi connectivity index (χ1n) is 5.47. The van der Waals surface area contributed by atoms with Gasteiger partial charge in [0.25, 0.3) is 0 Å². The smallest absolute Gasteiger partial charge is 0.342 e. The van der Waals surface area contributed by atoms with Crippen molar-refractivity contribution >= 4 is 23.2 Å². The van der Waals surface area contributed by atoms with Crippen molar-refractivity contribution in [3.8, 4) is 11.1 Å². The van der Waals surface area contributed by atoms with Gasteiger partial charge in [0.1, 0.15) is 5.56 Å². The van der Waals surface area contributed by atoms with Crippen LogP contribution in [0.2, 0.25) is 5.02 Å². The molecule has 2 aromatic heterocycles. The highest BCUT2D eigenvalue weighted by Gasteiger charge is 2.22. The van der Waals surface area contributed by atoms with E-state index in [-0.39, 0.29) is 0 Å². The summed E-state index contributed by atoms with van der Waals surface area (Å²) < 4.78 is 6.36. The first-order valence-corrected chi connectivity index (χ1v) is 5.85. The van der Waals surface area contributed by atoms with Crippen molar-refractivity contribution in [1.29, 1.82) is 0 Å². The summed E-state index contributed by atoms with van der Waals surface area (Å²) in [5, 5.41) is 10.8. The van der Waals surface area contributed by atoms with Gasteiger partial charge in [0.15, 0.2) is 5.65 Å². The fourth-order valence-electron chi connectivity index (χ4n) is 1.94. The molecule has 0 amide bonds. The van der Waals surface area contributed by atoms with E-state index in [1.165, 1.54) is 7.11 Å². The average Bonchev–Trinajstić information content (AvgIpc) is 2.98. The molecule has 0 radical (unpaired) electrons. The van der Waals surface area contributed by atoms with Crippen LogP contribution in [0, 0.1) is 0 Å². The number of fused-ring (bicyclic) bond motifs is 1. The maximum Gasteiger partial charge on any atom is 0.342 e. The Hall–Kier alpha value is -2.34. The Morgan fingerprint density at radius 1 is 1.37 bits per heavy atom. The van der Waals surface area contributed by atoms with Crippen LogP contribution < -0.4 is 0 Å². The molecule has 0 bridgehead atoms. The van der Waals surface area contributed by atoms with Crippen LogP contribution in [0.3, 0.4) is 0 Å². The number of hydrogen-bond donors (Lipinski definition) is 1. The summed E-state index contributed by atoms with van der Waals surface area (Å²) in [6.45, 7) is 0. The number of esters is 1. The zero-order valence-electron chi connectivity index (χ0n) is 9.92. The zero-order chi connectivity index (χ0) is 13.4. The fraction of sp³-hybridized carbons (Fsp3) is 0.0833. The first kappa shape index (κ1) is 11.7. The van der Waals surface area contributed by atoms with Crippen LogP contribution in [0.25, 0.3) is 16.8 Å². The molecule has 3 rings (SSSR count). The zero-order valence-corrected chi connectivity index (χ0v) is 10.7. The van der Waals surface area contributed by atoms with Gasteiger partial charge >= 0.3 is 5.97 Å². The van der Waals surface area contributed by atoms with E-state index in [1.807, 2.05) is 12.1 Å². The summed E-state index contributed by atoms with van der Waals surface area (Å²) in [4.78, 5) is 11.9. The molecule has 0 saturated heterocycles. The average molecular weight is 277 g/mol. The van der Waals surface area contributed by atoms with Gasteiger partial charge in [-0.1, -0.05) is 28.9 Å². The normalized spacial score (nSPS) is 10.8. The molecule has 0 aliphatic rings. The minimum absolute atomic E-state index is 0.374. The molecule has 96 valence electrons. The van der Waals surface area contributed by atoms with E-state index >= 15 is 0 Å². The number of halogens is 1. The van der Waals surface area contributed by atoms with Crippen molar-refractivity contribution in [2.24, 2.45) is 0 Å². The molecule has 3 aromatic rings. The molecule has 0 spiro atoms. The highest BCUT2D eigenvalue weighted by Crippen LogP contribution is 2.28. The third-order valence-corrected chi connectivity index (χ3v) is 3.07. The van der Waals surface area contributed by atoms with Gasteiger partial charge < -0.3 is 4.74 Å². The monoisotopic (exact) mass is 276 g/mol. The van der Waals surface area contributed by atoms with Crippen LogP contribution in [0.1, 0.15) is 10.4 Å². The van der Waals surface area contributed by atoms with Crippen LogP contribution >= 0.6 is 11.6 Å². The Morgan fingerprint density at radius 3 is 2.79 bits per heavy atom. The van der Waals surface area contributed by atoms with Gasteiger partial charge in [0.2, 0.25) is 0 Å². The van der Waals surface area contributed by atoms with Crippen LogP contribution in [-0.4, -0.2) is 33.1 Å². The number of H-pyrrole nitrogens is 1. The lowest BCUT2D eigenvalue weighted by atomic mass is 10.0. The van der Waals surface area contributed by atoms with Crippen LogP contribution in [-0.2, 0) is 4.74 Å². The SMILES string of the molecule is COC(=O)c1c(-c2ccc(Cl)cc2)cn2[nH]nnc12. The molecule has 6 nitrogen and oxygen atoms in total. The number of tetrazole rings is 1. The van der Waals surface area contributed by atoms with Gasteiger partial charge in [-0.25, -0.2) is 9.31 Å². The molecule has 2 heterocycles. The summed E-state index contributed by atoms with van der Waals surface area (Å²) in [6.07, 6.45) is 1.74. The van der Waals surface area contributed by atoms with E-state index in [0.717, 1.165) is 5.56 Å². The second kappa shape index (κ2) is 4.40. The second-order valence-corrected chi connectivity index (χ2v) is 4.35. The van der Waals surface area contributed by atoms with Crippen LogP contribution in [0.4, 0.5) is 0 Å². The Kier molecular flexibility index (Phi) is 2.72. The maximum atomic E-state index is 11.9. The van der Waals surface area contributed by atoms with Gasteiger partial charge in [-0.2, -0.15) is 5.21 Å². The number of ether oxygens (including phenoxy) is 1. The van der Waals surface area contributed by atoms with Crippen molar-refractivity contribution in [1.82, 2.24) is 20.0 Å². The molecule has 0 atom stereocenters. The summed E-state index contributed by atoms with van der Waals surface area (Å²) in [6, 6.07) is 7.18. The van der Waals surface area contributed by atoms with Crippen molar-refractivity contribution < 1.29 is 9.53 Å². The number of aromatic nitrogens is 4. The van der Waals surface area contributed by atoms with E-state index in [1.54, 1.807) is 22.8 Å². The molecule has 1 N–H and O–H groups in total. The summed E-state index contributed by atoms with van der Waals surface area (Å²) in [7, 11) is 1.33. The van der Waals surface area contributed by atoms with Crippen LogP contribution in [0.15, 0.2) is 30.5 Å². The number of nitrogens with zero attached hydrogens (tertiary/aromatic N) is 3. The largest absolute Gasteiger partial charge is 0.465 e. The lowest BCUT2D eigenvalue weighted by Crippen LogP contribution is -2.02. The Labute approximate surface area is 112 Å². The van der Waals surface area contributed by atoms with Gasteiger partial charge in [-0.15, -0.1) is 5.10 Å². The predicted molar refractivity (Wildman–Crippen MR) is 69.1 cm³/mol. The molecular weight excluding hydrogens is 268 g/mol. The third-order valence-electron chi connectivity index (χ3n) is 2.82. The fourth-order valence-corrected chi connectivity index (χ4v) is 2.07. The van der Waals surface area contributed by atoms with Crippen molar-refractivity contribution in [2.75, 3.05) is 7.11 Å². The van der Waals surface area contributed by atoms with Gasteiger partial charge in [0.05, 0.1) is 7.11 Å². The molecule has 0 aliphatic heterocycles. The van der Waals surface area contributed by atoms with Crippen molar-refractivity contribution in [3.05, 3.63) is 41.0 Å². The molecule has 0 fully saturated rings. The summed E-state index contributed by atoms with van der Waals surface area (Å²) in [5.41, 5.74) is 2.36. The molecule has 7 heteroatoms. The standard InChI is InChI=1S/C12H9ClN4O2/c1-19-12(18)10-9(6-17-11(10)14-15-16-17)7-2-4-8(13)5-3-7/h2-6H,1H3,(H,14,16). The highest BCUT2D eigenvalue weighted by molar-refractivity contribution is 6.30. The van der Waals surface area contributed by atoms with Crippen molar-refractivity contribution in [2.45, 2.75) is 0 Å². The molecule has 1 aromatic carbocycles. The minimum Gasteiger partial charge on any atom is -0.465 e. The summed E-state index contributed by atoms with van der Waals surface area (Å²) in [5.74, 6) is -0.457.